The van der Waals surface area contributed by atoms with Gasteiger partial charge in [0.15, 0.2) is 0 Å². The summed E-state index contributed by atoms with van der Waals surface area (Å²) in [5, 5.41) is 0. The van der Waals surface area contributed by atoms with E-state index < -0.39 is 0 Å². The van der Waals surface area contributed by atoms with E-state index in [1.165, 1.54) is 103 Å². The summed E-state index contributed by atoms with van der Waals surface area (Å²) in [4.78, 5) is 0. The van der Waals surface area contributed by atoms with Crippen LogP contribution in [0.15, 0.2) is 0 Å². The Bertz CT molecular complexity index is 75.1. The van der Waals surface area contributed by atoms with Crippen molar-refractivity contribution < 1.29 is 0 Å². The zero-order chi connectivity index (χ0) is 12.7. The molecule has 0 heterocycles. The monoisotopic (exact) mass is 250 g/mol. The van der Waals surface area contributed by atoms with E-state index >= 15 is 0 Å². The van der Waals surface area contributed by atoms with E-state index in [2.05, 4.69) is 12.8 Å². The van der Waals surface area contributed by atoms with Crippen molar-refractivity contribution in [1.29, 1.82) is 0 Å². The predicted molar refractivity (Wildman–Crippen MR) is 82.5 cm³/mol. The first kappa shape index (κ1) is 16.1. The highest BCUT2D eigenvalue weighted by Gasteiger charge is 1.96. The zero-order valence-electron chi connectivity index (χ0n) is 12.5. The third kappa shape index (κ3) is 11.1. The molecule has 0 aromatic carbocycles. The third-order valence-corrected chi connectivity index (χ3v) is 4.13. The summed E-state index contributed by atoms with van der Waals surface area (Å²) in [5.41, 5.74) is 0. The Morgan fingerprint density at radius 3 is 0.833 bits per heavy atom. The fourth-order valence-electron chi connectivity index (χ4n) is 2.86. The van der Waals surface area contributed by atoms with Gasteiger partial charge >= 0.3 is 0 Å². The molecule has 1 aliphatic rings. The highest BCUT2D eigenvalue weighted by Crippen LogP contribution is 2.15. The maximum atomic E-state index is 2.53. The fraction of sp³-hybridized carbons (Fsp3) is 0.889. The Morgan fingerprint density at radius 2 is 0.500 bits per heavy atom. The van der Waals surface area contributed by atoms with Gasteiger partial charge in [0.25, 0.3) is 0 Å². The Balaban J connectivity index is 2.00. The van der Waals surface area contributed by atoms with Crippen LogP contribution in [-0.2, 0) is 0 Å². The van der Waals surface area contributed by atoms with Gasteiger partial charge in [0, 0.05) is 0 Å². The Hall–Kier alpha value is 0. The van der Waals surface area contributed by atoms with Crippen molar-refractivity contribution >= 4 is 0 Å². The predicted octanol–water partition coefficient (Wildman–Crippen LogP) is 6.65. The lowest BCUT2D eigenvalue weighted by atomic mass is 10.0. The second-order valence-corrected chi connectivity index (χ2v) is 5.97. The molecule has 1 fully saturated rings. The van der Waals surface area contributed by atoms with Gasteiger partial charge in [-0.3, -0.25) is 0 Å². The lowest BCUT2D eigenvalue weighted by molar-refractivity contribution is 0.546. The minimum Gasteiger partial charge on any atom is -0.0533 e. The quantitative estimate of drug-likeness (QED) is 0.451. The van der Waals surface area contributed by atoms with Gasteiger partial charge in [-0.25, -0.2) is 0 Å². The number of hydrogen-bond donors (Lipinski definition) is 0. The van der Waals surface area contributed by atoms with Crippen molar-refractivity contribution in [2.45, 2.75) is 103 Å². The highest BCUT2D eigenvalue weighted by molar-refractivity contribution is 4.67. The first-order valence-corrected chi connectivity index (χ1v) is 8.63. The summed E-state index contributed by atoms with van der Waals surface area (Å²) in [7, 11) is 0. The van der Waals surface area contributed by atoms with Gasteiger partial charge in [0.1, 0.15) is 0 Å². The van der Waals surface area contributed by atoms with Gasteiger partial charge in [0.2, 0.25) is 0 Å². The van der Waals surface area contributed by atoms with Crippen molar-refractivity contribution in [3.8, 4) is 0 Å². The van der Waals surface area contributed by atoms with E-state index in [-0.39, 0.29) is 0 Å². The summed E-state index contributed by atoms with van der Waals surface area (Å²) in [5.74, 6) is 0. The molecule has 0 bridgehead atoms. The molecule has 0 saturated heterocycles. The maximum Gasteiger partial charge on any atom is -0.0386 e. The largest absolute Gasteiger partial charge is 0.0533 e. The van der Waals surface area contributed by atoms with Crippen molar-refractivity contribution in [2.75, 3.05) is 0 Å². The van der Waals surface area contributed by atoms with Gasteiger partial charge in [-0.05, 0) is 12.8 Å². The SMILES string of the molecule is [CH]1CCCCC[CH]CCCCCCCCCCC1. The summed E-state index contributed by atoms with van der Waals surface area (Å²) in [6.07, 6.45) is 28.0. The maximum absolute atomic E-state index is 2.53. The molecule has 0 heteroatoms. The van der Waals surface area contributed by atoms with Crippen LogP contribution in [0.2, 0.25) is 0 Å². The van der Waals surface area contributed by atoms with E-state index in [0.29, 0.717) is 0 Å². The second kappa shape index (κ2) is 13.4. The van der Waals surface area contributed by atoms with Crippen LogP contribution in [0.4, 0.5) is 0 Å². The summed E-state index contributed by atoms with van der Waals surface area (Å²) >= 11 is 0. The van der Waals surface area contributed by atoms with Gasteiger partial charge in [-0.2, -0.15) is 0 Å². The first-order chi connectivity index (χ1) is 9.00. The Morgan fingerprint density at radius 1 is 0.278 bits per heavy atom. The smallest absolute Gasteiger partial charge is 0.0386 e. The van der Waals surface area contributed by atoms with Crippen molar-refractivity contribution in [3.05, 3.63) is 12.8 Å². The molecular weight excluding hydrogens is 216 g/mol. The average molecular weight is 250 g/mol. The molecule has 0 spiro atoms. The first-order valence-electron chi connectivity index (χ1n) is 8.63. The van der Waals surface area contributed by atoms with Crippen LogP contribution < -0.4 is 0 Å². The van der Waals surface area contributed by atoms with Gasteiger partial charge < -0.3 is 0 Å². The second-order valence-electron chi connectivity index (χ2n) is 5.97. The molecule has 18 heavy (non-hydrogen) atoms. The topological polar surface area (TPSA) is 0 Å². The average Bonchev–Trinajstić information content (AvgIpc) is 2.39. The van der Waals surface area contributed by atoms with Crippen LogP contribution >= 0.6 is 0 Å². The molecule has 106 valence electrons. The summed E-state index contributed by atoms with van der Waals surface area (Å²) in [6.45, 7) is 0. The van der Waals surface area contributed by atoms with Crippen molar-refractivity contribution in [3.63, 3.8) is 0 Å². The molecule has 0 N–H and O–H groups in total. The van der Waals surface area contributed by atoms with E-state index in [4.69, 9.17) is 0 Å². The van der Waals surface area contributed by atoms with Gasteiger partial charge in [-0.1, -0.05) is 103 Å². The van der Waals surface area contributed by atoms with Crippen LogP contribution in [-0.4, -0.2) is 0 Å². The van der Waals surface area contributed by atoms with Crippen LogP contribution in [0.5, 0.6) is 0 Å². The molecule has 0 amide bonds. The Kier molecular flexibility index (Phi) is 12.0. The molecule has 1 rings (SSSR count). The third-order valence-electron chi connectivity index (χ3n) is 4.13. The number of hydrogen-bond acceptors (Lipinski definition) is 0. The van der Waals surface area contributed by atoms with Crippen LogP contribution in [0.25, 0.3) is 0 Å². The molecular formula is C18H34. The normalized spacial score (nSPS) is 24.0. The Labute approximate surface area is 116 Å². The minimum atomic E-state index is 1.36. The van der Waals surface area contributed by atoms with E-state index in [9.17, 15) is 0 Å². The van der Waals surface area contributed by atoms with E-state index in [0.717, 1.165) is 0 Å². The molecule has 0 atom stereocenters. The fourth-order valence-corrected chi connectivity index (χ4v) is 2.86. The lowest BCUT2D eigenvalue weighted by Crippen LogP contribution is -1.86. The summed E-state index contributed by atoms with van der Waals surface area (Å²) < 4.78 is 0. The zero-order valence-corrected chi connectivity index (χ0v) is 12.5. The molecule has 1 saturated carbocycles. The van der Waals surface area contributed by atoms with Gasteiger partial charge in [0.05, 0.1) is 0 Å². The van der Waals surface area contributed by atoms with Crippen molar-refractivity contribution in [1.82, 2.24) is 0 Å². The molecule has 1 aliphatic carbocycles. The highest BCUT2D eigenvalue weighted by atomic mass is 14.0. The molecule has 0 unspecified atom stereocenters. The van der Waals surface area contributed by atoms with Crippen molar-refractivity contribution in [2.24, 2.45) is 0 Å². The van der Waals surface area contributed by atoms with Gasteiger partial charge in [-0.15, -0.1) is 0 Å². The number of rotatable bonds is 0. The molecule has 0 aromatic rings. The van der Waals surface area contributed by atoms with E-state index in [1.807, 2.05) is 0 Å². The van der Waals surface area contributed by atoms with Crippen LogP contribution in [0, 0.1) is 12.8 Å². The molecule has 0 nitrogen and oxygen atoms in total. The van der Waals surface area contributed by atoms with E-state index in [1.54, 1.807) is 0 Å². The van der Waals surface area contributed by atoms with Crippen LogP contribution in [0.1, 0.15) is 103 Å². The molecule has 0 aliphatic heterocycles. The van der Waals surface area contributed by atoms with Crippen LogP contribution in [0.3, 0.4) is 0 Å². The standard InChI is InChI=1S/C18H34/c1-2-4-6-8-10-12-14-16-18-17-15-13-11-9-7-5-3-1/h1,12H,2-11,13-18H2. The molecule has 0 aromatic heterocycles. The minimum absolute atomic E-state index is 1.36. The molecule has 2 radical (unpaired) electrons. The lowest BCUT2D eigenvalue weighted by Gasteiger charge is -2.05. The summed E-state index contributed by atoms with van der Waals surface area (Å²) in [6, 6.07) is 0.